The Hall–Kier alpha value is -2.07. The molecule has 23 heavy (non-hydrogen) atoms. The zero-order valence-corrected chi connectivity index (χ0v) is 13.5. The molecule has 2 amide bonds. The van der Waals surface area contributed by atoms with Crippen molar-refractivity contribution in [3.8, 4) is 0 Å². The van der Waals surface area contributed by atoms with Crippen molar-refractivity contribution >= 4 is 17.6 Å². The van der Waals surface area contributed by atoms with Crippen molar-refractivity contribution in [2.45, 2.75) is 12.3 Å². The summed E-state index contributed by atoms with van der Waals surface area (Å²) in [5.74, 6) is 0.116. The van der Waals surface area contributed by atoms with Crippen molar-refractivity contribution in [1.29, 1.82) is 0 Å². The number of rotatable bonds is 7. The predicted octanol–water partition coefficient (Wildman–Crippen LogP) is 3.94. The molecule has 0 fully saturated rings. The van der Waals surface area contributed by atoms with Crippen LogP contribution in [0.1, 0.15) is 17.0 Å². The van der Waals surface area contributed by atoms with E-state index >= 15 is 0 Å². The number of carbonyl (C=O) groups is 1. The predicted molar refractivity (Wildman–Crippen MR) is 91.7 cm³/mol. The van der Waals surface area contributed by atoms with Gasteiger partial charge in [0.1, 0.15) is 6.67 Å². The molecular weight excluding hydrogens is 315 g/mol. The quantitative estimate of drug-likeness (QED) is 0.791. The first-order valence-corrected chi connectivity index (χ1v) is 7.94. The lowest BCUT2D eigenvalue weighted by Crippen LogP contribution is -2.39. The van der Waals surface area contributed by atoms with Gasteiger partial charge in [0, 0.05) is 24.0 Å². The second-order valence-electron chi connectivity index (χ2n) is 5.26. The zero-order valence-electron chi connectivity index (χ0n) is 12.8. The van der Waals surface area contributed by atoms with Crippen molar-refractivity contribution in [2.24, 2.45) is 0 Å². The molecule has 122 valence electrons. The average molecular weight is 335 g/mol. The molecule has 0 aromatic heterocycles. The van der Waals surface area contributed by atoms with Gasteiger partial charge in [0.2, 0.25) is 0 Å². The molecule has 0 aliphatic carbocycles. The van der Waals surface area contributed by atoms with Crippen LogP contribution >= 0.6 is 11.6 Å². The van der Waals surface area contributed by atoms with E-state index in [9.17, 15) is 9.18 Å². The van der Waals surface area contributed by atoms with Gasteiger partial charge in [-0.3, -0.25) is 0 Å². The van der Waals surface area contributed by atoms with Crippen LogP contribution in [0.3, 0.4) is 0 Å². The van der Waals surface area contributed by atoms with Crippen LogP contribution in [0.25, 0.3) is 0 Å². The summed E-state index contributed by atoms with van der Waals surface area (Å²) >= 11 is 5.95. The van der Waals surface area contributed by atoms with E-state index in [4.69, 9.17) is 11.6 Å². The topological polar surface area (TPSA) is 41.1 Å². The minimum absolute atomic E-state index is 0.0239. The Balaban J connectivity index is 2.05. The lowest BCUT2D eigenvalue weighted by molar-refractivity contribution is 0.239. The number of alkyl halides is 1. The van der Waals surface area contributed by atoms with Crippen LogP contribution in [0.15, 0.2) is 54.6 Å². The Labute approximate surface area is 140 Å². The van der Waals surface area contributed by atoms with E-state index in [1.165, 1.54) is 5.56 Å². The van der Waals surface area contributed by atoms with Gasteiger partial charge in [0.25, 0.3) is 0 Å². The highest BCUT2D eigenvalue weighted by molar-refractivity contribution is 6.30. The molecule has 0 spiro atoms. The smallest absolute Gasteiger partial charge is 0.314 e. The van der Waals surface area contributed by atoms with Crippen molar-refractivity contribution in [3.63, 3.8) is 0 Å². The molecule has 3 nitrogen and oxygen atoms in total. The van der Waals surface area contributed by atoms with E-state index in [1.807, 2.05) is 42.5 Å². The SMILES string of the molecule is O=C(NCCF)NCC(Cc1ccccc1)c1ccc(Cl)cc1. The largest absolute Gasteiger partial charge is 0.338 e. The van der Waals surface area contributed by atoms with Crippen molar-refractivity contribution in [1.82, 2.24) is 10.6 Å². The number of benzene rings is 2. The number of halogens is 2. The maximum atomic E-state index is 12.1. The molecule has 0 bridgehead atoms. The minimum atomic E-state index is -0.571. The molecule has 5 heteroatoms. The number of amides is 2. The fraction of sp³-hybridized carbons (Fsp3) is 0.278. The molecule has 2 N–H and O–H groups in total. The summed E-state index contributed by atoms with van der Waals surface area (Å²) in [6.07, 6.45) is 0.797. The summed E-state index contributed by atoms with van der Waals surface area (Å²) in [5.41, 5.74) is 2.29. The van der Waals surface area contributed by atoms with Gasteiger partial charge in [-0.25, -0.2) is 9.18 Å². The van der Waals surface area contributed by atoms with E-state index in [2.05, 4.69) is 22.8 Å². The average Bonchev–Trinajstić information content (AvgIpc) is 2.58. The Bertz CT molecular complexity index is 604. The van der Waals surface area contributed by atoms with Crippen LogP contribution in [0.2, 0.25) is 5.02 Å². The van der Waals surface area contributed by atoms with Crippen molar-refractivity contribution in [2.75, 3.05) is 19.8 Å². The van der Waals surface area contributed by atoms with E-state index in [1.54, 1.807) is 0 Å². The number of urea groups is 1. The summed E-state index contributed by atoms with van der Waals surface area (Å²) in [6, 6.07) is 17.4. The Morgan fingerprint density at radius 1 is 1.04 bits per heavy atom. The van der Waals surface area contributed by atoms with Crippen molar-refractivity contribution in [3.05, 3.63) is 70.7 Å². The maximum Gasteiger partial charge on any atom is 0.314 e. The third kappa shape index (κ3) is 5.91. The molecule has 0 saturated carbocycles. The molecule has 2 rings (SSSR count). The van der Waals surface area contributed by atoms with Gasteiger partial charge < -0.3 is 10.6 Å². The van der Waals surface area contributed by atoms with Crippen LogP contribution in [-0.2, 0) is 6.42 Å². The van der Waals surface area contributed by atoms with Gasteiger partial charge in [-0.1, -0.05) is 54.1 Å². The van der Waals surface area contributed by atoms with Crippen molar-refractivity contribution < 1.29 is 9.18 Å². The second kappa shape index (κ2) is 9.16. The minimum Gasteiger partial charge on any atom is -0.338 e. The van der Waals surface area contributed by atoms with Gasteiger partial charge in [0.15, 0.2) is 0 Å². The zero-order chi connectivity index (χ0) is 16.5. The fourth-order valence-electron chi connectivity index (χ4n) is 2.38. The highest BCUT2D eigenvalue weighted by atomic mass is 35.5. The summed E-state index contributed by atoms with van der Waals surface area (Å²) in [6.45, 7) is -0.0805. The highest BCUT2D eigenvalue weighted by Gasteiger charge is 2.14. The van der Waals surface area contributed by atoms with E-state index in [-0.39, 0.29) is 18.5 Å². The Kier molecular flexibility index (Phi) is 6.88. The van der Waals surface area contributed by atoms with Gasteiger partial charge in [-0.05, 0) is 29.7 Å². The molecule has 0 heterocycles. The summed E-state index contributed by atoms with van der Waals surface area (Å²) in [5, 5.41) is 5.95. The molecule has 2 aromatic carbocycles. The number of hydrogen-bond acceptors (Lipinski definition) is 1. The number of nitrogens with one attached hydrogen (secondary N) is 2. The Morgan fingerprint density at radius 2 is 1.74 bits per heavy atom. The lowest BCUT2D eigenvalue weighted by atomic mass is 9.92. The number of carbonyl (C=O) groups excluding carboxylic acids is 1. The lowest BCUT2D eigenvalue weighted by Gasteiger charge is -2.19. The van der Waals surface area contributed by atoms with Crippen LogP contribution < -0.4 is 10.6 Å². The van der Waals surface area contributed by atoms with Crippen LogP contribution in [0.4, 0.5) is 9.18 Å². The van der Waals surface area contributed by atoms with E-state index in [0.29, 0.717) is 11.6 Å². The van der Waals surface area contributed by atoms with E-state index < -0.39 is 6.67 Å². The van der Waals surface area contributed by atoms with Crippen LogP contribution in [0.5, 0.6) is 0 Å². The van der Waals surface area contributed by atoms with Crippen LogP contribution in [-0.4, -0.2) is 25.8 Å². The molecule has 0 aliphatic heterocycles. The monoisotopic (exact) mass is 334 g/mol. The molecule has 1 atom stereocenters. The molecule has 1 unspecified atom stereocenters. The van der Waals surface area contributed by atoms with Gasteiger partial charge in [-0.2, -0.15) is 0 Å². The summed E-state index contributed by atoms with van der Waals surface area (Å²) in [4.78, 5) is 11.6. The molecular formula is C18H20ClFN2O. The van der Waals surface area contributed by atoms with E-state index in [0.717, 1.165) is 12.0 Å². The third-order valence-electron chi connectivity index (χ3n) is 3.56. The normalized spacial score (nSPS) is 11.7. The van der Waals surface area contributed by atoms with Gasteiger partial charge in [-0.15, -0.1) is 0 Å². The third-order valence-corrected chi connectivity index (χ3v) is 3.81. The molecule has 2 aromatic rings. The fourth-order valence-corrected chi connectivity index (χ4v) is 2.51. The molecule has 0 aliphatic rings. The molecule has 0 radical (unpaired) electrons. The van der Waals surface area contributed by atoms with Gasteiger partial charge >= 0.3 is 6.03 Å². The molecule has 0 saturated heterocycles. The first-order chi connectivity index (χ1) is 11.2. The van der Waals surface area contributed by atoms with Gasteiger partial charge in [0.05, 0.1) is 0 Å². The van der Waals surface area contributed by atoms with Crippen LogP contribution in [0, 0.1) is 0 Å². The Morgan fingerprint density at radius 3 is 2.39 bits per heavy atom. The number of hydrogen-bond donors (Lipinski definition) is 2. The summed E-state index contributed by atoms with van der Waals surface area (Å²) in [7, 11) is 0. The first-order valence-electron chi connectivity index (χ1n) is 7.56. The summed E-state index contributed by atoms with van der Waals surface area (Å²) < 4.78 is 12.1. The standard InChI is InChI=1S/C18H20ClFN2O/c19-17-8-6-15(7-9-17)16(12-14-4-2-1-3-5-14)13-22-18(23)21-11-10-20/h1-9,16H,10-13H2,(H2,21,22,23). The maximum absolute atomic E-state index is 12.1. The second-order valence-corrected chi connectivity index (χ2v) is 5.70. The first kappa shape index (κ1) is 17.3. The highest BCUT2D eigenvalue weighted by Crippen LogP contribution is 2.22.